The molecule has 15 atom stereocenters. The van der Waals surface area contributed by atoms with Gasteiger partial charge >= 0.3 is 0 Å². The largest absolute Gasteiger partial charge is 0.378 e. The van der Waals surface area contributed by atoms with Gasteiger partial charge in [0, 0.05) is 219 Å². The van der Waals surface area contributed by atoms with Crippen molar-refractivity contribution in [1.29, 1.82) is 0 Å². The van der Waals surface area contributed by atoms with E-state index in [-0.39, 0.29) is 11.6 Å². The molecule has 15 unspecified atom stereocenters. The Kier molecular flexibility index (Phi) is 38.0. The van der Waals surface area contributed by atoms with Crippen LogP contribution in [0.25, 0.3) is 0 Å². The van der Waals surface area contributed by atoms with Gasteiger partial charge in [-0.25, -0.2) is 4.39 Å². The van der Waals surface area contributed by atoms with E-state index in [1.54, 1.807) is 0 Å². The van der Waals surface area contributed by atoms with Gasteiger partial charge in [-0.3, -0.25) is 34.3 Å². The molecular formula is C86H175FN16O2. The fourth-order valence-electron chi connectivity index (χ4n) is 20.6. The van der Waals surface area contributed by atoms with Crippen LogP contribution in [0, 0.1) is 35.0 Å². The minimum Gasteiger partial charge on any atom is -0.378 e. The van der Waals surface area contributed by atoms with Crippen LogP contribution in [0.15, 0.2) is 0 Å². The van der Waals surface area contributed by atoms with Gasteiger partial charge in [0.1, 0.15) is 11.8 Å². The van der Waals surface area contributed by atoms with E-state index in [1.807, 2.05) is 0 Å². The number of piperidine rings is 9. The highest BCUT2D eigenvalue weighted by atomic mass is 19.1. The van der Waals surface area contributed by atoms with E-state index >= 15 is 0 Å². The van der Waals surface area contributed by atoms with Gasteiger partial charge in [-0.1, -0.05) is 12.8 Å². The van der Waals surface area contributed by atoms with E-state index in [1.165, 1.54) is 188 Å². The monoisotopic (exact) mass is 1480 g/mol. The summed E-state index contributed by atoms with van der Waals surface area (Å²) < 4.78 is 24.5. The second-order valence-corrected chi connectivity index (χ2v) is 39.6. The number of nitrogens with two attached hydrogens (primary N) is 5. The Morgan fingerprint density at radius 3 is 1.50 bits per heavy atom. The Hall–Kier alpha value is -0.790. The molecule has 19 heteroatoms. The summed E-state index contributed by atoms with van der Waals surface area (Å²) in [4.78, 5) is 22.5. The van der Waals surface area contributed by atoms with Crippen molar-refractivity contribution in [1.82, 2.24) is 54.7 Å². The average Bonchev–Trinajstić information content (AvgIpc) is 1.78. The van der Waals surface area contributed by atoms with Gasteiger partial charge in [0.25, 0.3) is 0 Å². The number of ether oxygens (including phenoxy) is 2. The highest BCUT2D eigenvalue weighted by molar-refractivity contribution is 5.05. The number of halogens is 1. The molecule has 0 amide bonds. The molecule has 618 valence electrons. The van der Waals surface area contributed by atoms with Crippen molar-refractivity contribution in [3.8, 4) is 0 Å². The molecule has 0 aromatic rings. The van der Waals surface area contributed by atoms with Gasteiger partial charge in [-0.05, 0) is 297 Å². The van der Waals surface area contributed by atoms with E-state index < -0.39 is 6.17 Å². The predicted molar refractivity (Wildman–Crippen MR) is 444 cm³/mol. The van der Waals surface area contributed by atoms with Crippen LogP contribution in [0.3, 0.4) is 0 Å². The number of nitrogens with one attached hydrogen (secondary N) is 2. The summed E-state index contributed by atoms with van der Waals surface area (Å²) in [5.74, 6) is 4.66. The van der Waals surface area contributed by atoms with Gasteiger partial charge in [-0.2, -0.15) is 0 Å². The van der Waals surface area contributed by atoms with Crippen molar-refractivity contribution in [3.63, 3.8) is 0 Å². The molecule has 18 nitrogen and oxygen atoms in total. The highest BCUT2D eigenvalue weighted by Crippen LogP contribution is 2.41. The number of alkyl halides is 1. The van der Waals surface area contributed by atoms with Crippen molar-refractivity contribution in [3.05, 3.63) is 0 Å². The zero-order valence-electron chi connectivity index (χ0n) is 72.2. The lowest BCUT2D eigenvalue weighted by molar-refractivity contribution is -0.164. The van der Waals surface area contributed by atoms with Crippen molar-refractivity contribution in [2.75, 3.05) is 138 Å². The lowest BCUT2D eigenvalue weighted by Gasteiger charge is -2.54. The Labute approximate surface area is 647 Å². The number of morpholine rings is 1. The lowest BCUT2D eigenvalue weighted by Crippen LogP contribution is -2.70. The summed E-state index contributed by atoms with van der Waals surface area (Å²) in [5, 5.41) is 6.90. The maximum atomic E-state index is 12.9. The van der Waals surface area contributed by atoms with E-state index in [9.17, 15) is 4.39 Å². The van der Waals surface area contributed by atoms with Gasteiger partial charge < -0.3 is 58.6 Å². The smallest absolute Gasteiger partial charge is 0.114 e. The van der Waals surface area contributed by atoms with Crippen LogP contribution in [0.5, 0.6) is 0 Å². The summed E-state index contributed by atoms with van der Waals surface area (Å²) >= 11 is 0. The molecule has 4 bridgehead atoms. The SMILES string of the molecule is CC(C)(C)N1CC2CCC1C(N)C2.CC(C)N1CC(N)CC(F)C1.CC(C)N1CC(N)CCC1C.CC(C)N1CC2(CCCNC2)C1.CC(C)N1CC2(CNCCO2)C1.CC(C)N1CC2CCC1C2N.CC(C)N1CCC2CCCC2C1.CC(C)N1CCC2OCCCC2C1.CC(C)N1CCCC(N)C1. The van der Waals surface area contributed by atoms with Crippen LogP contribution in [0.2, 0.25) is 0 Å². The molecule has 2 spiro atoms. The number of likely N-dealkylation sites (tertiary alicyclic amines) is 8. The van der Waals surface area contributed by atoms with Gasteiger partial charge in [0.15, 0.2) is 0 Å². The first-order chi connectivity index (χ1) is 49.6. The summed E-state index contributed by atoms with van der Waals surface area (Å²) in [7, 11) is 0. The molecule has 0 aromatic carbocycles. The Morgan fingerprint density at radius 2 is 1.00 bits per heavy atom. The molecule has 105 heavy (non-hydrogen) atoms. The van der Waals surface area contributed by atoms with Gasteiger partial charge in [-0.15, -0.1) is 0 Å². The number of fused-ring (bicyclic) bond motifs is 7. The number of hydrogen-bond donors (Lipinski definition) is 7. The fourth-order valence-corrected chi connectivity index (χ4v) is 20.6. The Morgan fingerprint density at radius 1 is 0.429 bits per heavy atom. The summed E-state index contributed by atoms with van der Waals surface area (Å²) in [5.41, 5.74) is 30.8. The normalized spacial score (nSPS) is 35.2. The van der Waals surface area contributed by atoms with Crippen LogP contribution in [0.1, 0.15) is 260 Å². The minimum atomic E-state index is -0.721. The van der Waals surface area contributed by atoms with Crippen molar-refractivity contribution < 1.29 is 13.9 Å². The molecule has 3 aliphatic carbocycles. The summed E-state index contributed by atoms with van der Waals surface area (Å²) in [6.07, 6.45) is 24.8. The zero-order chi connectivity index (χ0) is 77.1. The molecule has 13 saturated heterocycles. The standard InChI is InChI=1S/C11H22N2.C11H21NO.C11H21N.C10H20N2.C9H18N2O.C9H18N2.C9H20N2.C8H17FN2.C8H18N2/c1-11(2,3)13-7-8-4-5-10(13)9(12)6-8;1-9(2)12-6-5-11-10(8-12)4-3-7-13-11;1-9(2)12-7-6-10-4-3-5-11(10)8-12;1-9(2)12-7-10(8-12)4-3-5-11-6-10;1-8(2)11-6-9(7-11)5-10-3-4-12-9;1-6(2)11-5-7-3-4-8(11)9(7)10;1-7(2)11-6-9(10)5-4-8(11)3;1-6(2)11-4-7(9)3-8(10)5-11;1-7(2)10-5-3-4-8(9)6-10/h8-10H,4-7,12H2,1-3H3;9-11H,3-8H2,1-2H3;9-11H,3-8H2,1-2H3;9,11H,3-8H2,1-2H3;8,10H,3-7H2,1-2H3;6-9H,3-5,10H2,1-2H3;7-9H,4-6,10H2,1-3H3;6-8H,3-5,10H2,1-2H3;7-8H,3-6,9H2,1-2H3. The minimum absolute atomic E-state index is 0.0288. The van der Waals surface area contributed by atoms with Crippen molar-refractivity contribution in [2.45, 2.75) is 381 Å². The van der Waals surface area contributed by atoms with Crippen molar-refractivity contribution in [2.24, 2.45) is 63.7 Å². The maximum Gasteiger partial charge on any atom is 0.114 e. The molecule has 13 aliphatic heterocycles. The lowest BCUT2D eigenvalue weighted by atomic mass is 9.73. The first kappa shape index (κ1) is 91.4. The number of hydrogen-bond acceptors (Lipinski definition) is 18. The second-order valence-electron chi connectivity index (χ2n) is 39.6. The Balaban J connectivity index is 0.000000165. The predicted octanol–water partition coefficient (Wildman–Crippen LogP) is 10.8. The first-order valence-electron chi connectivity index (χ1n) is 44.4. The molecule has 16 aliphatic rings. The number of nitrogens with zero attached hydrogens (tertiary/aromatic N) is 9. The molecule has 0 radical (unpaired) electrons. The van der Waals surface area contributed by atoms with Gasteiger partial charge in [0.2, 0.25) is 0 Å². The molecule has 16 fully saturated rings. The van der Waals surface area contributed by atoms with E-state index in [4.69, 9.17) is 38.1 Å². The quantitative estimate of drug-likeness (QED) is 0.121. The molecule has 13 heterocycles. The van der Waals surface area contributed by atoms with E-state index in [0.29, 0.717) is 103 Å². The maximum absolute atomic E-state index is 12.9. The Bertz CT molecular complexity index is 2280. The summed E-state index contributed by atoms with van der Waals surface area (Å²) in [6, 6.07) is 9.21. The fraction of sp³-hybridized carbons (Fsp3) is 1.00. The van der Waals surface area contributed by atoms with E-state index in [0.717, 1.165) is 107 Å². The highest BCUT2D eigenvalue weighted by Gasteiger charge is 2.48. The zero-order valence-corrected chi connectivity index (χ0v) is 72.2. The molecule has 12 N–H and O–H groups in total. The third kappa shape index (κ3) is 28.3. The molecule has 16 rings (SSSR count). The van der Waals surface area contributed by atoms with Crippen LogP contribution >= 0.6 is 0 Å². The van der Waals surface area contributed by atoms with Crippen molar-refractivity contribution >= 4 is 0 Å². The van der Waals surface area contributed by atoms with Gasteiger partial charge in [0.05, 0.1) is 12.7 Å². The summed E-state index contributed by atoms with van der Waals surface area (Å²) in [6.45, 7) is 69.1. The molecule has 0 aromatic heterocycles. The van der Waals surface area contributed by atoms with Crippen LogP contribution < -0.4 is 39.3 Å². The van der Waals surface area contributed by atoms with Crippen LogP contribution in [-0.4, -0.2) is 302 Å². The first-order valence-corrected chi connectivity index (χ1v) is 44.4. The number of rotatable bonds is 8. The third-order valence-electron chi connectivity index (χ3n) is 27.6. The average molecular weight is 1480 g/mol. The van der Waals surface area contributed by atoms with Crippen LogP contribution in [-0.2, 0) is 9.47 Å². The van der Waals surface area contributed by atoms with E-state index in [2.05, 4.69) is 193 Å². The topological polar surface area (TPSA) is 202 Å². The van der Waals surface area contributed by atoms with Crippen LogP contribution in [0.4, 0.5) is 4.39 Å². The third-order valence-corrected chi connectivity index (χ3v) is 27.6. The molecule has 3 saturated carbocycles. The molecular weight excluding hydrogens is 1310 g/mol. The second kappa shape index (κ2) is 43.6.